The smallest absolute Gasteiger partial charge is 0.191 e. The summed E-state index contributed by atoms with van der Waals surface area (Å²) in [5.74, 6) is 0.766. The molecule has 0 bridgehead atoms. The van der Waals surface area contributed by atoms with Gasteiger partial charge in [0.05, 0.1) is 12.7 Å². The van der Waals surface area contributed by atoms with Gasteiger partial charge in [-0.25, -0.2) is 4.98 Å². The van der Waals surface area contributed by atoms with Gasteiger partial charge in [0, 0.05) is 43.5 Å². The predicted octanol–water partition coefficient (Wildman–Crippen LogP) is 1.30. The Morgan fingerprint density at radius 1 is 1.35 bits per heavy atom. The first-order valence-corrected chi connectivity index (χ1v) is 7.38. The molecule has 6 nitrogen and oxygen atoms in total. The first kappa shape index (κ1) is 14.5. The molecule has 2 N–H and O–H groups in total. The summed E-state index contributed by atoms with van der Waals surface area (Å²) in [6.45, 7) is 3.53. The molecule has 0 aromatic carbocycles. The lowest BCUT2D eigenvalue weighted by Crippen LogP contribution is -2.36. The predicted molar refractivity (Wildman–Crippen MR) is 81.7 cm³/mol. The Hall–Kier alpha value is -1.89. The Balaban J connectivity index is 1.80. The molecule has 20 heavy (non-hydrogen) atoms. The van der Waals surface area contributed by atoms with E-state index in [1.54, 1.807) is 23.1 Å². The second-order valence-corrected chi connectivity index (χ2v) is 5.58. The van der Waals surface area contributed by atoms with Crippen molar-refractivity contribution < 1.29 is 0 Å². The topological polar surface area (TPSA) is 67.1 Å². The Morgan fingerprint density at radius 2 is 2.15 bits per heavy atom. The molecule has 108 valence electrons. The van der Waals surface area contributed by atoms with E-state index in [0.29, 0.717) is 13.1 Å². The molecular formula is C13H20N6S. The second-order valence-electron chi connectivity index (χ2n) is 4.38. The van der Waals surface area contributed by atoms with Crippen LogP contribution in [0.3, 0.4) is 0 Å². The zero-order valence-electron chi connectivity index (χ0n) is 12.1. The molecule has 2 aromatic rings. The number of aliphatic imine (C=N–C) groups is 1. The normalized spacial score (nSPS) is 11.7. The summed E-state index contributed by atoms with van der Waals surface area (Å²) in [7, 11) is 3.67. The summed E-state index contributed by atoms with van der Waals surface area (Å²) in [6.07, 6.45) is 6.79. The van der Waals surface area contributed by atoms with Gasteiger partial charge in [-0.15, -0.1) is 11.3 Å². The summed E-state index contributed by atoms with van der Waals surface area (Å²) in [6, 6.07) is 0. The van der Waals surface area contributed by atoms with Gasteiger partial charge in [-0.05, 0) is 6.42 Å². The Labute approximate surface area is 123 Å². The van der Waals surface area contributed by atoms with Crippen molar-refractivity contribution in [3.63, 3.8) is 0 Å². The van der Waals surface area contributed by atoms with Crippen LogP contribution in [0.4, 0.5) is 0 Å². The van der Waals surface area contributed by atoms with Crippen molar-refractivity contribution in [1.29, 1.82) is 0 Å². The first-order valence-electron chi connectivity index (χ1n) is 6.57. The molecule has 0 atom stereocenters. The van der Waals surface area contributed by atoms with Crippen molar-refractivity contribution in [2.75, 3.05) is 7.05 Å². The summed E-state index contributed by atoms with van der Waals surface area (Å²) in [5.41, 5.74) is 1.12. The van der Waals surface area contributed by atoms with Crippen molar-refractivity contribution >= 4 is 17.3 Å². The molecule has 0 aliphatic heterocycles. The Bertz CT molecular complexity index is 571. The molecule has 0 aliphatic rings. The van der Waals surface area contributed by atoms with Crippen molar-refractivity contribution in [3.8, 4) is 0 Å². The molecular weight excluding hydrogens is 272 g/mol. The maximum absolute atomic E-state index is 4.37. The van der Waals surface area contributed by atoms with Crippen molar-refractivity contribution in [3.05, 3.63) is 34.0 Å². The van der Waals surface area contributed by atoms with E-state index in [-0.39, 0.29) is 0 Å². The minimum absolute atomic E-state index is 0.692. The Morgan fingerprint density at radius 3 is 2.75 bits per heavy atom. The molecule has 2 aromatic heterocycles. The van der Waals surface area contributed by atoms with E-state index in [4.69, 9.17) is 0 Å². The van der Waals surface area contributed by atoms with Gasteiger partial charge in [0.2, 0.25) is 0 Å². The average Bonchev–Trinajstić information content (AvgIpc) is 3.08. The van der Waals surface area contributed by atoms with Crippen LogP contribution in [0.5, 0.6) is 0 Å². The highest BCUT2D eigenvalue weighted by molar-refractivity contribution is 7.11. The van der Waals surface area contributed by atoms with Gasteiger partial charge in [-0.3, -0.25) is 9.67 Å². The lowest BCUT2D eigenvalue weighted by Gasteiger charge is -2.09. The van der Waals surface area contributed by atoms with Crippen LogP contribution >= 0.6 is 11.3 Å². The van der Waals surface area contributed by atoms with Crippen LogP contribution in [0.2, 0.25) is 0 Å². The zero-order valence-corrected chi connectivity index (χ0v) is 12.9. The summed E-state index contributed by atoms with van der Waals surface area (Å²) >= 11 is 1.73. The van der Waals surface area contributed by atoms with E-state index < -0.39 is 0 Å². The quantitative estimate of drug-likeness (QED) is 0.644. The number of nitrogens with one attached hydrogen (secondary N) is 2. The third-order valence-corrected chi connectivity index (χ3v) is 3.94. The van der Waals surface area contributed by atoms with E-state index >= 15 is 0 Å². The minimum atomic E-state index is 0.692. The molecule has 0 aliphatic carbocycles. The maximum Gasteiger partial charge on any atom is 0.191 e. The van der Waals surface area contributed by atoms with Crippen LogP contribution < -0.4 is 10.6 Å². The standard InChI is InChI=1S/C13H20N6S/c1-4-11-7-15-12(20-11)8-17-13(14-2)16-5-10-6-18-19(3)9-10/h6-7,9H,4-5,8H2,1-3H3,(H2,14,16,17). The van der Waals surface area contributed by atoms with E-state index in [0.717, 1.165) is 23.0 Å². The van der Waals surface area contributed by atoms with Gasteiger partial charge in [0.1, 0.15) is 5.01 Å². The number of thiazole rings is 1. The summed E-state index contributed by atoms with van der Waals surface area (Å²) in [4.78, 5) is 9.88. The largest absolute Gasteiger partial charge is 0.352 e. The molecule has 0 radical (unpaired) electrons. The van der Waals surface area contributed by atoms with Crippen LogP contribution in [-0.4, -0.2) is 27.8 Å². The van der Waals surface area contributed by atoms with E-state index in [1.165, 1.54) is 4.88 Å². The number of aryl methyl sites for hydroxylation is 2. The minimum Gasteiger partial charge on any atom is -0.352 e. The zero-order chi connectivity index (χ0) is 14.4. The average molecular weight is 292 g/mol. The van der Waals surface area contributed by atoms with E-state index in [1.807, 2.05) is 25.6 Å². The number of hydrogen-bond acceptors (Lipinski definition) is 4. The van der Waals surface area contributed by atoms with Crippen LogP contribution in [0.15, 0.2) is 23.6 Å². The molecule has 0 saturated carbocycles. The van der Waals surface area contributed by atoms with E-state index in [9.17, 15) is 0 Å². The van der Waals surface area contributed by atoms with Gasteiger partial charge in [-0.2, -0.15) is 5.10 Å². The fourth-order valence-corrected chi connectivity index (χ4v) is 2.52. The highest BCUT2D eigenvalue weighted by atomic mass is 32.1. The highest BCUT2D eigenvalue weighted by Gasteiger charge is 2.03. The Kier molecular flexibility index (Phi) is 5.11. The molecule has 0 fully saturated rings. The first-order chi connectivity index (χ1) is 9.71. The third-order valence-electron chi connectivity index (χ3n) is 2.80. The molecule has 0 spiro atoms. The van der Waals surface area contributed by atoms with Crippen LogP contribution in [0.1, 0.15) is 22.4 Å². The summed E-state index contributed by atoms with van der Waals surface area (Å²) in [5, 5.41) is 11.7. The van der Waals surface area contributed by atoms with Gasteiger partial charge in [0.15, 0.2) is 5.96 Å². The second kappa shape index (κ2) is 7.04. The van der Waals surface area contributed by atoms with Gasteiger partial charge in [0.25, 0.3) is 0 Å². The number of nitrogens with zero attached hydrogens (tertiary/aromatic N) is 4. The summed E-state index contributed by atoms with van der Waals surface area (Å²) < 4.78 is 1.79. The van der Waals surface area contributed by atoms with Gasteiger partial charge in [-0.1, -0.05) is 6.92 Å². The van der Waals surface area contributed by atoms with Crippen LogP contribution in [0, 0.1) is 0 Å². The fourth-order valence-electron chi connectivity index (χ4n) is 1.72. The van der Waals surface area contributed by atoms with Crippen LogP contribution in [-0.2, 0) is 26.6 Å². The molecule has 7 heteroatoms. The molecule has 0 amide bonds. The number of guanidine groups is 1. The molecule has 2 heterocycles. The maximum atomic E-state index is 4.37. The van der Waals surface area contributed by atoms with Crippen molar-refractivity contribution in [2.24, 2.45) is 12.0 Å². The van der Waals surface area contributed by atoms with Crippen molar-refractivity contribution in [1.82, 2.24) is 25.4 Å². The van der Waals surface area contributed by atoms with Gasteiger partial charge < -0.3 is 10.6 Å². The van der Waals surface area contributed by atoms with E-state index in [2.05, 4.69) is 32.6 Å². The number of aromatic nitrogens is 3. The molecule has 2 rings (SSSR count). The lowest BCUT2D eigenvalue weighted by molar-refractivity contribution is 0.764. The SMILES string of the molecule is CCc1cnc(CNC(=NC)NCc2cnn(C)c2)s1. The van der Waals surface area contributed by atoms with Crippen LogP contribution in [0.25, 0.3) is 0 Å². The van der Waals surface area contributed by atoms with Crippen molar-refractivity contribution in [2.45, 2.75) is 26.4 Å². The van der Waals surface area contributed by atoms with Gasteiger partial charge >= 0.3 is 0 Å². The number of rotatable bonds is 5. The highest BCUT2D eigenvalue weighted by Crippen LogP contribution is 2.12. The third kappa shape index (κ3) is 4.06. The monoisotopic (exact) mass is 292 g/mol. The number of hydrogen-bond donors (Lipinski definition) is 2. The molecule has 0 unspecified atom stereocenters. The fraction of sp³-hybridized carbons (Fsp3) is 0.462. The lowest BCUT2D eigenvalue weighted by atomic mass is 10.4. The molecule has 0 saturated heterocycles.